The van der Waals surface area contributed by atoms with Gasteiger partial charge in [-0.1, -0.05) is 43.4 Å². The Hall–Kier alpha value is -1.35. The van der Waals surface area contributed by atoms with Crippen LogP contribution in [0.25, 0.3) is 0 Å². The second-order valence-corrected chi connectivity index (χ2v) is 5.77. The van der Waals surface area contributed by atoms with Crippen molar-refractivity contribution in [1.29, 1.82) is 0 Å². The van der Waals surface area contributed by atoms with E-state index in [0.717, 1.165) is 6.42 Å². The summed E-state index contributed by atoms with van der Waals surface area (Å²) in [5.41, 5.74) is 1.06. The van der Waals surface area contributed by atoms with Crippen LogP contribution in [-0.4, -0.2) is 18.2 Å². The smallest absolute Gasteiger partial charge is 0.299 e. The number of halogens is 1. The number of rotatable bonds is 3. The molecule has 0 atom stereocenters. The van der Waals surface area contributed by atoms with Gasteiger partial charge in [0.05, 0.1) is 16.3 Å². The topological polar surface area (TPSA) is 37.4 Å². The molecule has 3 rings (SSSR count). The van der Waals surface area contributed by atoms with Crippen LogP contribution in [0, 0.1) is 5.92 Å². The van der Waals surface area contributed by atoms with Crippen molar-refractivity contribution in [2.75, 3.05) is 11.4 Å². The number of carbonyl (C=O) groups is 2. The number of hydrogen-bond donors (Lipinski definition) is 0. The fourth-order valence-electron chi connectivity index (χ4n) is 3.13. The van der Waals surface area contributed by atoms with Crippen molar-refractivity contribution < 1.29 is 9.59 Å². The lowest BCUT2D eigenvalue weighted by molar-refractivity contribution is -0.114. The van der Waals surface area contributed by atoms with Gasteiger partial charge in [-0.2, -0.15) is 0 Å². The van der Waals surface area contributed by atoms with Crippen LogP contribution in [-0.2, 0) is 4.79 Å². The first kappa shape index (κ1) is 12.7. The molecule has 0 bridgehead atoms. The van der Waals surface area contributed by atoms with Crippen LogP contribution in [0.4, 0.5) is 5.69 Å². The van der Waals surface area contributed by atoms with Crippen molar-refractivity contribution in [3.8, 4) is 0 Å². The molecule has 0 unspecified atom stereocenters. The first-order chi connectivity index (χ1) is 9.18. The minimum atomic E-state index is -0.466. The maximum absolute atomic E-state index is 12.0. The highest BCUT2D eigenvalue weighted by atomic mass is 35.5. The molecule has 1 heterocycles. The minimum Gasteiger partial charge on any atom is -0.305 e. The highest BCUT2D eigenvalue weighted by molar-refractivity contribution is 6.55. The third-order valence-electron chi connectivity index (χ3n) is 4.18. The van der Waals surface area contributed by atoms with Gasteiger partial charge in [-0.05, 0) is 24.5 Å². The predicted octanol–water partition coefficient (Wildman–Crippen LogP) is 3.45. The van der Waals surface area contributed by atoms with Crippen molar-refractivity contribution >= 4 is 29.0 Å². The van der Waals surface area contributed by atoms with Gasteiger partial charge in [0.25, 0.3) is 11.7 Å². The number of ketones is 1. The molecule has 19 heavy (non-hydrogen) atoms. The molecule has 1 aliphatic carbocycles. The van der Waals surface area contributed by atoms with Crippen molar-refractivity contribution in [2.45, 2.75) is 32.1 Å². The molecule has 0 aromatic heterocycles. The van der Waals surface area contributed by atoms with E-state index in [2.05, 4.69) is 0 Å². The third-order valence-corrected chi connectivity index (χ3v) is 4.50. The van der Waals surface area contributed by atoms with Gasteiger partial charge < -0.3 is 4.90 Å². The monoisotopic (exact) mass is 277 g/mol. The van der Waals surface area contributed by atoms with Gasteiger partial charge in [-0.15, -0.1) is 0 Å². The van der Waals surface area contributed by atoms with E-state index in [1.807, 2.05) is 0 Å². The van der Waals surface area contributed by atoms with Gasteiger partial charge in [0.15, 0.2) is 0 Å². The van der Waals surface area contributed by atoms with Crippen LogP contribution in [0.15, 0.2) is 18.2 Å². The molecule has 0 spiro atoms. The average Bonchev–Trinajstić information content (AvgIpc) is 2.98. The van der Waals surface area contributed by atoms with E-state index in [0.29, 0.717) is 28.7 Å². The summed E-state index contributed by atoms with van der Waals surface area (Å²) in [4.78, 5) is 25.6. The van der Waals surface area contributed by atoms with E-state index in [4.69, 9.17) is 11.6 Å². The van der Waals surface area contributed by atoms with E-state index < -0.39 is 11.7 Å². The van der Waals surface area contributed by atoms with Crippen molar-refractivity contribution in [3.63, 3.8) is 0 Å². The fraction of sp³-hybridized carbons (Fsp3) is 0.467. The molecule has 1 aromatic rings. The lowest BCUT2D eigenvalue weighted by Gasteiger charge is -2.18. The van der Waals surface area contributed by atoms with Crippen molar-refractivity contribution in [3.05, 3.63) is 28.8 Å². The van der Waals surface area contributed by atoms with Gasteiger partial charge in [0.1, 0.15) is 0 Å². The number of anilines is 1. The third kappa shape index (κ3) is 2.16. The van der Waals surface area contributed by atoms with Crippen molar-refractivity contribution in [1.82, 2.24) is 0 Å². The summed E-state index contributed by atoms with van der Waals surface area (Å²) in [6.07, 6.45) is 6.06. The molecule has 0 saturated heterocycles. The summed E-state index contributed by atoms with van der Waals surface area (Å²) in [6.45, 7) is 0.628. The number of hydrogen-bond acceptors (Lipinski definition) is 2. The fourth-order valence-corrected chi connectivity index (χ4v) is 3.39. The molecular formula is C15H16ClNO2. The van der Waals surface area contributed by atoms with Gasteiger partial charge in [0.2, 0.25) is 0 Å². The van der Waals surface area contributed by atoms with Gasteiger partial charge in [-0.25, -0.2) is 0 Å². The zero-order chi connectivity index (χ0) is 13.4. The zero-order valence-corrected chi connectivity index (χ0v) is 11.4. The summed E-state index contributed by atoms with van der Waals surface area (Å²) in [6, 6.07) is 5.25. The first-order valence-corrected chi connectivity index (χ1v) is 7.21. The number of nitrogens with zero attached hydrogens (tertiary/aromatic N) is 1. The number of Topliss-reactive ketones (excluding diaryl/α,β-unsaturated/α-hetero) is 1. The number of carbonyl (C=O) groups excluding carboxylic acids is 2. The Labute approximate surface area is 117 Å². The maximum Gasteiger partial charge on any atom is 0.299 e. The van der Waals surface area contributed by atoms with Crippen LogP contribution >= 0.6 is 11.6 Å². The molecule has 2 aliphatic rings. The summed E-state index contributed by atoms with van der Waals surface area (Å²) in [7, 11) is 0. The first-order valence-electron chi connectivity index (χ1n) is 6.83. The molecule has 4 heteroatoms. The quantitative estimate of drug-likeness (QED) is 0.794. The number of amides is 1. The van der Waals surface area contributed by atoms with Crippen molar-refractivity contribution in [2.24, 2.45) is 5.92 Å². The Bertz CT molecular complexity index is 535. The van der Waals surface area contributed by atoms with E-state index in [1.165, 1.54) is 25.7 Å². The molecule has 1 aromatic carbocycles. The Kier molecular flexibility index (Phi) is 3.31. The molecule has 1 amide bonds. The summed E-state index contributed by atoms with van der Waals surface area (Å²) < 4.78 is 0. The van der Waals surface area contributed by atoms with E-state index in [1.54, 1.807) is 23.1 Å². The van der Waals surface area contributed by atoms with Crippen LogP contribution in [0.1, 0.15) is 42.5 Å². The highest BCUT2D eigenvalue weighted by Crippen LogP contribution is 2.35. The Balaban J connectivity index is 1.81. The van der Waals surface area contributed by atoms with E-state index in [9.17, 15) is 9.59 Å². The lowest BCUT2D eigenvalue weighted by atomic mass is 10.0. The van der Waals surface area contributed by atoms with Crippen LogP contribution in [0.2, 0.25) is 5.02 Å². The Morgan fingerprint density at radius 2 is 1.95 bits per heavy atom. The van der Waals surface area contributed by atoms with Gasteiger partial charge >= 0.3 is 0 Å². The molecule has 1 saturated carbocycles. The Morgan fingerprint density at radius 1 is 1.21 bits per heavy atom. The summed E-state index contributed by atoms with van der Waals surface area (Å²) in [5.74, 6) is -0.195. The number of fused-ring (bicyclic) bond motifs is 1. The molecule has 0 N–H and O–H groups in total. The van der Waals surface area contributed by atoms with Gasteiger partial charge in [0, 0.05) is 6.54 Å². The van der Waals surface area contributed by atoms with Gasteiger partial charge in [-0.3, -0.25) is 9.59 Å². The average molecular weight is 278 g/mol. The van der Waals surface area contributed by atoms with Crippen LogP contribution in [0.5, 0.6) is 0 Å². The summed E-state index contributed by atoms with van der Waals surface area (Å²) >= 11 is 6.02. The standard InChI is InChI=1S/C15H16ClNO2/c16-11-6-3-7-12-13(11)14(18)15(19)17(12)9-8-10-4-1-2-5-10/h3,6-7,10H,1-2,4-5,8-9H2. The molecule has 0 radical (unpaired) electrons. The number of benzene rings is 1. The molecule has 100 valence electrons. The highest BCUT2D eigenvalue weighted by Gasteiger charge is 2.37. The zero-order valence-electron chi connectivity index (χ0n) is 10.7. The molecule has 1 aliphatic heterocycles. The Morgan fingerprint density at radius 3 is 2.68 bits per heavy atom. The summed E-state index contributed by atoms with van der Waals surface area (Å²) in [5, 5.41) is 0.374. The van der Waals surface area contributed by atoms with Crippen LogP contribution in [0.3, 0.4) is 0 Å². The largest absolute Gasteiger partial charge is 0.305 e. The second kappa shape index (κ2) is 4.97. The normalized spacial score (nSPS) is 19.3. The lowest BCUT2D eigenvalue weighted by Crippen LogP contribution is -2.31. The van der Waals surface area contributed by atoms with Crippen LogP contribution < -0.4 is 4.90 Å². The SMILES string of the molecule is O=C1C(=O)N(CCC2CCCC2)c2cccc(Cl)c21. The molecule has 1 fully saturated rings. The predicted molar refractivity (Wildman–Crippen MR) is 74.7 cm³/mol. The molecule has 3 nitrogen and oxygen atoms in total. The molecular weight excluding hydrogens is 262 g/mol. The maximum atomic E-state index is 12.0. The van der Waals surface area contributed by atoms with E-state index in [-0.39, 0.29) is 0 Å². The second-order valence-electron chi connectivity index (χ2n) is 5.36. The minimum absolute atomic E-state index is 0.374. The van der Waals surface area contributed by atoms with E-state index >= 15 is 0 Å².